The molecular formula is C22H19NO4S. The van der Waals surface area contributed by atoms with Crippen LogP contribution in [0.25, 0.3) is 0 Å². The molecule has 1 heterocycles. The summed E-state index contributed by atoms with van der Waals surface area (Å²) in [7, 11) is 0. The Labute approximate surface area is 167 Å². The van der Waals surface area contributed by atoms with Crippen LogP contribution in [0.3, 0.4) is 0 Å². The van der Waals surface area contributed by atoms with Gasteiger partial charge in [0.25, 0.3) is 0 Å². The minimum Gasteiger partial charge on any atom is -0.490 e. The summed E-state index contributed by atoms with van der Waals surface area (Å²) in [6, 6.07) is 15.8. The maximum Gasteiger partial charge on any atom is 0.353 e. The summed E-state index contributed by atoms with van der Waals surface area (Å²) >= 11 is 1.32. The molecule has 0 spiro atoms. The number of carbonyl (C=O) groups excluding carboxylic acids is 2. The Morgan fingerprint density at radius 1 is 1.07 bits per heavy atom. The highest BCUT2D eigenvalue weighted by atomic mass is 32.1. The Balaban J connectivity index is 1.77. The van der Waals surface area contributed by atoms with Crippen LogP contribution in [0, 0.1) is 0 Å². The third-order valence-corrected chi connectivity index (χ3v) is 4.68. The van der Waals surface area contributed by atoms with Crippen molar-refractivity contribution in [2.45, 2.75) is 13.8 Å². The lowest BCUT2D eigenvalue weighted by molar-refractivity contribution is 0.0733. The first-order valence-electron chi connectivity index (χ1n) is 8.74. The van der Waals surface area contributed by atoms with Crippen molar-refractivity contribution in [1.82, 2.24) is 0 Å². The molecule has 0 aliphatic carbocycles. The van der Waals surface area contributed by atoms with Crippen molar-refractivity contribution in [3.63, 3.8) is 0 Å². The van der Waals surface area contributed by atoms with Crippen molar-refractivity contribution in [3.05, 3.63) is 76.0 Å². The molecular weight excluding hydrogens is 374 g/mol. The van der Waals surface area contributed by atoms with Crippen LogP contribution in [0.5, 0.6) is 11.5 Å². The molecule has 3 rings (SSSR count). The molecule has 28 heavy (non-hydrogen) atoms. The molecule has 0 atom stereocenters. The average Bonchev–Trinajstić information content (AvgIpc) is 3.23. The number of ketones is 1. The molecule has 0 fully saturated rings. The van der Waals surface area contributed by atoms with Crippen LogP contribution in [-0.4, -0.2) is 24.6 Å². The van der Waals surface area contributed by atoms with E-state index in [2.05, 4.69) is 4.99 Å². The van der Waals surface area contributed by atoms with E-state index in [-0.39, 0.29) is 5.78 Å². The summed E-state index contributed by atoms with van der Waals surface area (Å²) < 4.78 is 11.1. The van der Waals surface area contributed by atoms with Crippen LogP contribution in [-0.2, 0) is 0 Å². The first-order chi connectivity index (χ1) is 13.6. The van der Waals surface area contributed by atoms with Crippen LogP contribution < -0.4 is 9.47 Å². The lowest BCUT2D eigenvalue weighted by Gasteiger charge is -2.10. The van der Waals surface area contributed by atoms with Gasteiger partial charge in [0.1, 0.15) is 4.88 Å². The maximum absolute atomic E-state index is 12.2. The Morgan fingerprint density at radius 3 is 2.50 bits per heavy atom. The van der Waals surface area contributed by atoms with E-state index in [1.54, 1.807) is 60.8 Å². The van der Waals surface area contributed by atoms with Gasteiger partial charge in [0, 0.05) is 11.8 Å². The summed E-state index contributed by atoms with van der Waals surface area (Å²) in [5.41, 5.74) is 2.18. The quantitative estimate of drug-likeness (QED) is 0.236. The Morgan fingerprint density at radius 2 is 1.86 bits per heavy atom. The Kier molecular flexibility index (Phi) is 6.34. The molecule has 0 unspecified atom stereocenters. The topological polar surface area (TPSA) is 65.0 Å². The third-order valence-electron chi connectivity index (χ3n) is 3.83. The number of esters is 1. The summed E-state index contributed by atoms with van der Waals surface area (Å²) in [4.78, 5) is 28.5. The van der Waals surface area contributed by atoms with Gasteiger partial charge in [0.05, 0.1) is 12.3 Å². The van der Waals surface area contributed by atoms with E-state index in [4.69, 9.17) is 9.47 Å². The number of nitrogens with zero attached hydrogens (tertiary/aromatic N) is 1. The van der Waals surface area contributed by atoms with Gasteiger partial charge >= 0.3 is 5.97 Å². The maximum atomic E-state index is 12.2. The fraction of sp³-hybridized carbons (Fsp3) is 0.136. The highest BCUT2D eigenvalue weighted by Gasteiger charge is 2.13. The second kappa shape index (κ2) is 9.10. The zero-order valence-electron chi connectivity index (χ0n) is 15.5. The summed E-state index contributed by atoms with van der Waals surface area (Å²) in [5, 5.41) is 1.82. The fourth-order valence-electron chi connectivity index (χ4n) is 2.43. The third kappa shape index (κ3) is 4.92. The number of ether oxygens (including phenoxy) is 2. The smallest absolute Gasteiger partial charge is 0.353 e. The predicted octanol–water partition coefficient (Wildman–Crippen LogP) is 5.32. The SMILES string of the molecule is CCOc1cc(C=Nc2ccc(C(C)=O)cc2)ccc1OC(=O)c1cccs1. The molecule has 0 bridgehead atoms. The van der Waals surface area contributed by atoms with Crippen molar-refractivity contribution in [2.24, 2.45) is 4.99 Å². The average molecular weight is 393 g/mol. The Bertz CT molecular complexity index is 992. The highest BCUT2D eigenvalue weighted by molar-refractivity contribution is 7.12. The van der Waals surface area contributed by atoms with Crippen molar-refractivity contribution >= 4 is 35.0 Å². The van der Waals surface area contributed by atoms with Crippen LogP contribution in [0.1, 0.15) is 39.4 Å². The van der Waals surface area contributed by atoms with E-state index >= 15 is 0 Å². The fourth-order valence-corrected chi connectivity index (χ4v) is 3.03. The van der Waals surface area contributed by atoms with Gasteiger partial charge in [-0.1, -0.05) is 6.07 Å². The largest absolute Gasteiger partial charge is 0.490 e. The summed E-state index contributed by atoms with van der Waals surface area (Å²) in [5.74, 6) is 0.444. The second-order valence-electron chi connectivity index (χ2n) is 5.87. The molecule has 6 heteroatoms. The number of thiophene rings is 1. The lowest BCUT2D eigenvalue weighted by Crippen LogP contribution is -2.08. The van der Waals surface area contributed by atoms with Crippen LogP contribution >= 0.6 is 11.3 Å². The van der Waals surface area contributed by atoms with E-state index in [1.807, 2.05) is 12.3 Å². The number of hydrogen-bond donors (Lipinski definition) is 0. The number of benzene rings is 2. The summed E-state index contributed by atoms with van der Waals surface area (Å²) in [6.07, 6.45) is 1.69. The monoisotopic (exact) mass is 393 g/mol. The molecule has 0 amide bonds. The number of carbonyl (C=O) groups is 2. The van der Waals surface area contributed by atoms with Crippen LogP contribution in [0.15, 0.2) is 65.0 Å². The molecule has 0 saturated carbocycles. The second-order valence-corrected chi connectivity index (χ2v) is 6.81. The molecule has 0 N–H and O–H groups in total. The van der Waals surface area contributed by atoms with Gasteiger partial charge in [-0.05, 0) is 73.3 Å². The molecule has 1 aromatic heterocycles. The normalized spacial score (nSPS) is 10.8. The molecule has 0 saturated heterocycles. The number of Topliss-reactive ketones (excluding diaryl/α,β-unsaturated/α-hetero) is 1. The van der Waals surface area contributed by atoms with Crippen molar-refractivity contribution in [2.75, 3.05) is 6.61 Å². The van der Waals surface area contributed by atoms with Gasteiger partial charge in [0.15, 0.2) is 17.3 Å². The van der Waals surface area contributed by atoms with E-state index in [1.165, 1.54) is 18.3 Å². The predicted molar refractivity (Wildman–Crippen MR) is 111 cm³/mol. The van der Waals surface area contributed by atoms with Gasteiger partial charge in [-0.15, -0.1) is 11.3 Å². The molecule has 5 nitrogen and oxygen atoms in total. The van der Waals surface area contributed by atoms with Crippen molar-refractivity contribution in [1.29, 1.82) is 0 Å². The van der Waals surface area contributed by atoms with Gasteiger partial charge < -0.3 is 9.47 Å². The molecule has 142 valence electrons. The number of rotatable bonds is 7. The van der Waals surface area contributed by atoms with Gasteiger partial charge in [-0.3, -0.25) is 9.79 Å². The molecule has 0 aliphatic heterocycles. The van der Waals surface area contributed by atoms with Gasteiger partial charge in [-0.25, -0.2) is 4.79 Å². The number of aliphatic imine (C=N–C) groups is 1. The summed E-state index contributed by atoms with van der Waals surface area (Å²) in [6.45, 7) is 3.83. The van der Waals surface area contributed by atoms with E-state index in [0.717, 1.165) is 11.3 Å². The van der Waals surface area contributed by atoms with E-state index in [0.29, 0.717) is 28.5 Å². The van der Waals surface area contributed by atoms with Crippen molar-refractivity contribution in [3.8, 4) is 11.5 Å². The standard InChI is InChI=1S/C22H19NO4S/c1-3-26-20-13-16(14-23-18-9-7-17(8-10-18)15(2)24)6-11-19(20)27-22(25)21-5-4-12-28-21/h4-14H,3H2,1-2H3. The minimum absolute atomic E-state index is 0.0181. The molecule has 0 aliphatic rings. The molecule has 3 aromatic rings. The zero-order chi connectivity index (χ0) is 19.9. The van der Waals surface area contributed by atoms with Gasteiger partial charge in [-0.2, -0.15) is 0 Å². The first kappa shape index (κ1) is 19.5. The first-order valence-corrected chi connectivity index (χ1v) is 9.62. The van der Waals surface area contributed by atoms with Gasteiger partial charge in [0.2, 0.25) is 0 Å². The van der Waals surface area contributed by atoms with Crippen LogP contribution in [0.4, 0.5) is 5.69 Å². The molecule has 0 radical (unpaired) electrons. The molecule has 2 aromatic carbocycles. The lowest BCUT2D eigenvalue weighted by atomic mass is 10.1. The zero-order valence-corrected chi connectivity index (χ0v) is 16.4. The van der Waals surface area contributed by atoms with E-state index < -0.39 is 5.97 Å². The van der Waals surface area contributed by atoms with Crippen molar-refractivity contribution < 1.29 is 19.1 Å². The highest BCUT2D eigenvalue weighted by Crippen LogP contribution is 2.29. The van der Waals surface area contributed by atoms with E-state index in [9.17, 15) is 9.59 Å². The van der Waals surface area contributed by atoms with Crippen LogP contribution in [0.2, 0.25) is 0 Å². The minimum atomic E-state index is -0.414. The Hall–Kier alpha value is -3.25. The number of hydrogen-bond acceptors (Lipinski definition) is 6.